The Labute approximate surface area is 108 Å². The maximum Gasteiger partial charge on any atom is 0.330 e. The SMILES string of the molecule is C=CCc1cn([C@@H]2C[C@@H](O)[C@H](CO)O2)c(=O)[nH]c1=O. The Kier molecular flexibility index (Phi) is 3.98. The van der Waals surface area contributed by atoms with Gasteiger partial charge in [0.25, 0.3) is 5.56 Å². The highest BCUT2D eigenvalue weighted by molar-refractivity contribution is 5.09. The highest BCUT2D eigenvalue weighted by Crippen LogP contribution is 2.27. The Morgan fingerprint density at radius 3 is 2.89 bits per heavy atom. The summed E-state index contributed by atoms with van der Waals surface area (Å²) in [6, 6.07) is 0. The number of nitrogens with zero attached hydrogens (tertiary/aromatic N) is 1. The van der Waals surface area contributed by atoms with Crippen LogP contribution in [0, 0.1) is 0 Å². The minimum Gasteiger partial charge on any atom is -0.394 e. The fourth-order valence-corrected chi connectivity index (χ4v) is 2.09. The van der Waals surface area contributed by atoms with Crippen molar-refractivity contribution < 1.29 is 14.9 Å². The van der Waals surface area contributed by atoms with Crippen molar-refractivity contribution in [1.82, 2.24) is 9.55 Å². The lowest BCUT2D eigenvalue weighted by molar-refractivity contribution is -0.0459. The van der Waals surface area contributed by atoms with Gasteiger partial charge in [0.05, 0.1) is 12.7 Å². The first-order valence-electron chi connectivity index (χ1n) is 5.96. The molecule has 0 aliphatic carbocycles. The van der Waals surface area contributed by atoms with Gasteiger partial charge in [-0.2, -0.15) is 0 Å². The topological polar surface area (TPSA) is 105 Å². The number of H-pyrrole nitrogens is 1. The summed E-state index contributed by atoms with van der Waals surface area (Å²) in [7, 11) is 0. The van der Waals surface area contributed by atoms with Gasteiger partial charge < -0.3 is 14.9 Å². The van der Waals surface area contributed by atoms with E-state index in [1.54, 1.807) is 6.08 Å². The van der Waals surface area contributed by atoms with Crippen LogP contribution >= 0.6 is 0 Å². The molecular weight excluding hydrogens is 252 g/mol. The normalized spacial score (nSPS) is 26.5. The predicted octanol–water partition coefficient (Wildman–Crippen LogP) is -1.09. The molecule has 1 fully saturated rings. The molecule has 0 saturated carbocycles. The van der Waals surface area contributed by atoms with Crippen molar-refractivity contribution >= 4 is 0 Å². The van der Waals surface area contributed by atoms with Gasteiger partial charge in [0.2, 0.25) is 0 Å². The van der Waals surface area contributed by atoms with E-state index in [0.29, 0.717) is 12.0 Å². The second-order valence-electron chi connectivity index (χ2n) is 4.43. The van der Waals surface area contributed by atoms with E-state index in [2.05, 4.69) is 11.6 Å². The lowest BCUT2D eigenvalue weighted by atomic mass is 10.2. The second kappa shape index (κ2) is 5.52. The Morgan fingerprint density at radius 2 is 2.32 bits per heavy atom. The van der Waals surface area contributed by atoms with E-state index >= 15 is 0 Å². The summed E-state index contributed by atoms with van der Waals surface area (Å²) in [5.74, 6) is 0. The monoisotopic (exact) mass is 268 g/mol. The van der Waals surface area contributed by atoms with Crippen molar-refractivity contribution in [3.05, 3.63) is 45.3 Å². The number of allylic oxidation sites excluding steroid dienone is 1. The van der Waals surface area contributed by atoms with E-state index < -0.39 is 29.7 Å². The van der Waals surface area contributed by atoms with Gasteiger partial charge in [0.1, 0.15) is 12.3 Å². The third kappa shape index (κ3) is 2.67. The zero-order valence-corrected chi connectivity index (χ0v) is 10.3. The summed E-state index contributed by atoms with van der Waals surface area (Å²) >= 11 is 0. The number of aliphatic hydroxyl groups is 2. The van der Waals surface area contributed by atoms with Crippen LogP contribution in [0.1, 0.15) is 18.2 Å². The number of aromatic nitrogens is 2. The largest absolute Gasteiger partial charge is 0.394 e. The van der Waals surface area contributed by atoms with E-state index in [4.69, 9.17) is 9.84 Å². The molecule has 7 nitrogen and oxygen atoms in total. The molecular formula is C12H16N2O5. The van der Waals surface area contributed by atoms with Crippen LogP contribution in [-0.2, 0) is 11.2 Å². The van der Waals surface area contributed by atoms with Crippen LogP contribution < -0.4 is 11.2 Å². The highest BCUT2D eigenvalue weighted by atomic mass is 16.5. The minimum absolute atomic E-state index is 0.185. The van der Waals surface area contributed by atoms with Crippen LogP contribution in [-0.4, -0.2) is 38.6 Å². The summed E-state index contributed by atoms with van der Waals surface area (Å²) in [6.45, 7) is 3.22. The predicted molar refractivity (Wildman–Crippen MR) is 66.8 cm³/mol. The van der Waals surface area contributed by atoms with Crippen molar-refractivity contribution in [3.63, 3.8) is 0 Å². The van der Waals surface area contributed by atoms with Gasteiger partial charge in [-0.1, -0.05) is 6.08 Å². The molecule has 1 aliphatic rings. The summed E-state index contributed by atoms with van der Waals surface area (Å²) < 4.78 is 6.60. The van der Waals surface area contributed by atoms with Crippen LogP contribution in [0.15, 0.2) is 28.4 Å². The van der Waals surface area contributed by atoms with E-state index in [-0.39, 0.29) is 13.0 Å². The standard InChI is InChI=1S/C12H16N2O5/c1-2-3-7-5-14(12(18)13-11(7)17)10-4-8(16)9(6-15)19-10/h2,5,8-10,15-16H,1,3-4,6H2,(H,13,17,18)/t8-,9+,10+/m1/s1. The Hall–Kier alpha value is -1.70. The van der Waals surface area contributed by atoms with E-state index in [0.717, 1.165) is 0 Å². The summed E-state index contributed by atoms with van der Waals surface area (Å²) in [4.78, 5) is 25.5. The first kappa shape index (κ1) is 13.7. The summed E-state index contributed by atoms with van der Waals surface area (Å²) in [6.07, 6.45) is 1.22. The van der Waals surface area contributed by atoms with Crippen LogP contribution in [0.4, 0.5) is 0 Å². The summed E-state index contributed by atoms with van der Waals surface area (Å²) in [5, 5.41) is 18.7. The van der Waals surface area contributed by atoms with Crippen LogP contribution in [0.25, 0.3) is 0 Å². The lowest BCUT2D eigenvalue weighted by Gasteiger charge is -2.15. The van der Waals surface area contributed by atoms with Crippen LogP contribution in [0.3, 0.4) is 0 Å². The Morgan fingerprint density at radius 1 is 1.58 bits per heavy atom. The van der Waals surface area contributed by atoms with Gasteiger partial charge in [-0.15, -0.1) is 6.58 Å². The van der Waals surface area contributed by atoms with Crippen LogP contribution in [0.2, 0.25) is 0 Å². The molecule has 0 aromatic carbocycles. The minimum atomic E-state index is -0.836. The molecule has 1 aromatic heterocycles. The molecule has 1 aromatic rings. The number of ether oxygens (including phenoxy) is 1. The van der Waals surface area contributed by atoms with Gasteiger partial charge >= 0.3 is 5.69 Å². The zero-order chi connectivity index (χ0) is 14.0. The Balaban J connectivity index is 2.35. The molecule has 0 bridgehead atoms. The molecule has 0 spiro atoms. The number of hydrogen-bond acceptors (Lipinski definition) is 5. The molecule has 1 aliphatic heterocycles. The van der Waals surface area contributed by atoms with Gasteiger partial charge in [-0.05, 0) is 6.42 Å². The number of aliphatic hydroxyl groups excluding tert-OH is 2. The van der Waals surface area contributed by atoms with Gasteiger partial charge in [0.15, 0.2) is 0 Å². The lowest BCUT2D eigenvalue weighted by Crippen LogP contribution is -2.34. The average molecular weight is 268 g/mol. The Bertz CT molecular complexity index is 576. The number of aromatic amines is 1. The molecule has 2 heterocycles. The molecule has 3 N–H and O–H groups in total. The van der Waals surface area contributed by atoms with Crippen molar-refractivity contribution in [2.45, 2.75) is 31.3 Å². The maximum atomic E-state index is 11.7. The molecule has 0 radical (unpaired) electrons. The molecule has 0 amide bonds. The quantitative estimate of drug-likeness (QED) is 0.602. The molecule has 1 saturated heterocycles. The number of rotatable bonds is 4. The third-order valence-electron chi connectivity index (χ3n) is 3.10. The van der Waals surface area contributed by atoms with Gasteiger partial charge in [-0.25, -0.2) is 4.79 Å². The summed E-state index contributed by atoms with van der Waals surface area (Å²) in [5.41, 5.74) is -0.674. The van der Waals surface area contributed by atoms with Crippen molar-refractivity contribution in [1.29, 1.82) is 0 Å². The van der Waals surface area contributed by atoms with Crippen molar-refractivity contribution in [2.24, 2.45) is 0 Å². The van der Waals surface area contributed by atoms with Gasteiger partial charge in [0, 0.05) is 18.2 Å². The van der Waals surface area contributed by atoms with E-state index in [1.165, 1.54) is 10.8 Å². The highest BCUT2D eigenvalue weighted by Gasteiger charge is 2.35. The maximum absolute atomic E-state index is 11.7. The first-order chi connectivity index (χ1) is 9.06. The van der Waals surface area contributed by atoms with E-state index in [9.17, 15) is 14.7 Å². The van der Waals surface area contributed by atoms with Crippen molar-refractivity contribution in [2.75, 3.05) is 6.61 Å². The zero-order valence-electron chi connectivity index (χ0n) is 10.3. The van der Waals surface area contributed by atoms with Gasteiger partial charge in [-0.3, -0.25) is 14.3 Å². The fourth-order valence-electron chi connectivity index (χ4n) is 2.09. The second-order valence-corrected chi connectivity index (χ2v) is 4.43. The molecule has 3 atom stereocenters. The number of hydrogen-bond donors (Lipinski definition) is 3. The molecule has 19 heavy (non-hydrogen) atoms. The third-order valence-corrected chi connectivity index (χ3v) is 3.10. The number of nitrogens with one attached hydrogen (secondary N) is 1. The molecule has 0 unspecified atom stereocenters. The molecule has 2 rings (SSSR count). The first-order valence-corrected chi connectivity index (χ1v) is 5.96. The fraction of sp³-hybridized carbons (Fsp3) is 0.500. The van der Waals surface area contributed by atoms with Crippen molar-refractivity contribution in [3.8, 4) is 0 Å². The smallest absolute Gasteiger partial charge is 0.330 e. The molecule has 104 valence electrons. The van der Waals surface area contributed by atoms with E-state index in [1.807, 2.05) is 0 Å². The molecule has 7 heteroatoms. The van der Waals surface area contributed by atoms with Crippen LogP contribution in [0.5, 0.6) is 0 Å². The average Bonchev–Trinajstić information content (AvgIpc) is 2.74.